The molecule has 2 aromatic rings. The Balaban J connectivity index is 2.13. The second kappa shape index (κ2) is 5.31. The van der Waals surface area contributed by atoms with E-state index in [1.165, 1.54) is 16.7 Å². The van der Waals surface area contributed by atoms with Crippen molar-refractivity contribution in [3.63, 3.8) is 0 Å². The first-order chi connectivity index (χ1) is 8.60. The number of rotatable bonds is 4. The molecule has 0 bridgehead atoms. The molecular formula is C14H19N3O. The maximum absolute atomic E-state index is 5.57. The summed E-state index contributed by atoms with van der Waals surface area (Å²) in [5, 5.41) is 3.99. The molecule has 0 aliphatic rings. The molecule has 0 amide bonds. The van der Waals surface area contributed by atoms with Crippen LogP contribution in [0.25, 0.3) is 0 Å². The topological polar surface area (TPSA) is 64.9 Å². The molecule has 2 rings (SSSR count). The number of nitrogens with zero attached hydrogens (tertiary/aromatic N) is 2. The van der Waals surface area contributed by atoms with Crippen LogP contribution in [0.1, 0.15) is 41.2 Å². The average Bonchev–Trinajstić information content (AvgIpc) is 2.81. The Morgan fingerprint density at radius 1 is 1.28 bits per heavy atom. The van der Waals surface area contributed by atoms with E-state index in [1.807, 2.05) is 6.92 Å². The summed E-state index contributed by atoms with van der Waals surface area (Å²) in [4.78, 5) is 4.37. The van der Waals surface area contributed by atoms with Gasteiger partial charge in [0.2, 0.25) is 5.89 Å². The number of hydrogen-bond acceptors (Lipinski definition) is 4. The van der Waals surface area contributed by atoms with Crippen LogP contribution < -0.4 is 5.73 Å². The Morgan fingerprint density at radius 2 is 2.06 bits per heavy atom. The van der Waals surface area contributed by atoms with Crippen LogP contribution in [0.15, 0.2) is 22.7 Å². The van der Waals surface area contributed by atoms with Gasteiger partial charge in [-0.3, -0.25) is 0 Å². The van der Waals surface area contributed by atoms with E-state index in [-0.39, 0.29) is 5.92 Å². The number of aromatic nitrogens is 2. The Labute approximate surface area is 107 Å². The van der Waals surface area contributed by atoms with E-state index in [2.05, 4.69) is 42.2 Å². The van der Waals surface area contributed by atoms with Crippen LogP contribution in [0.2, 0.25) is 0 Å². The third-order valence-electron chi connectivity index (χ3n) is 3.19. The summed E-state index contributed by atoms with van der Waals surface area (Å²) < 4.78 is 5.20. The molecule has 1 atom stereocenters. The van der Waals surface area contributed by atoms with Crippen molar-refractivity contribution < 1.29 is 4.52 Å². The van der Waals surface area contributed by atoms with Crippen LogP contribution in [0.4, 0.5) is 0 Å². The van der Waals surface area contributed by atoms with Crippen molar-refractivity contribution in [3.05, 3.63) is 46.6 Å². The molecule has 1 aromatic carbocycles. The van der Waals surface area contributed by atoms with Crippen molar-refractivity contribution in [2.24, 2.45) is 5.73 Å². The zero-order valence-corrected chi connectivity index (χ0v) is 11.1. The Morgan fingerprint density at radius 3 is 2.72 bits per heavy atom. The van der Waals surface area contributed by atoms with Crippen LogP contribution in [-0.4, -0.2) is 16.7 Å². The van der Waals surface area contributed by atoms with Crippen molar-refractivity contribution in [3.8, 4) is 0 Å². The fourth-order valence-corrected chi connectivity index (χ4v) is 1.74. The summed E-state index contributed by atoms with van der Waals surface area (Å²) in [6.45, 7) is 6.71. The monoisotopic (exact) mass is 245 g/mol. The number of hydrogen-bond donors (Lipinski definition) is 1. The predicted molar refractivity (Wildman–Crippen MR) is 70.5 cm³/mol. The van der Waals surface area contributed by atoms with Gasteiger partial charge in [-0.1, -0.05) is 30.3 Å². The van der Waals surface area contributed by atoms with Gasteiger partial charge in [0.15, 0.2) is 5.82 Å². The van der Waals surface area contributed by atoms with Crippen molar-refractivity contribution in [1.82, 2.24) is 10.1 Å². The van der Waals surface area contributed by atoms with Gasteiger partial charge in [-0.05, 0) is 30.5 Å². The van der Waals surface area contributed by atoms with E-state index in [4.69, 9.17) is 10.3 Å². The van der Waals surface area contributed by atoms with Crippen molar-refractivity contribution in [2.75, 3.05) is 6.54 Å². The molecule has 96 valence electrons. The molecule has 4 heteroatoms. The fourth-order valence-electron chi connectivity index (χ4n) is 1.74. The summed E-state index contributed by atoms with van der Waals surface area (Å²) in [5.74, 6) is 1.45. The molecule has 4 nitrogen and oxygen atoms in total. The van der Waals surface area contributed by atoms with Crippen LogP contribution >= 0.6 is 0 Å². The van der Waals surface area contributed by atoms with Crippen molar-refractivity contribution >= 4 is 0 Å². The highest BCUT2D eigenvalue weighted by Gasteiger charge is 2.12. The minimum Gasteiger partial charge on any atom is -0.339 e. The first-order valence-corrected chi connectivity index (χ1v) is 6.19. The van der Waals surface area contributed by atoms with Gasteiger partial charge in [0.05, 0.1) is 0 Å². The van der Waals surface area contributed by atoms with Crippen molar-refractivity contribution in [2.45, 2.75) is 33.1 Å². The van der Waals surface area contributed by atoms with Gasteiger partial charge in [0, 0.05) is 18.9 Å². The fraction of sp³-hybridized carbons (Fsp3) is 0.429. The minimum absolute atomic E-state index is 0.117. The van der Waals surface area contributed by atoms with E-state index < -0.39 is 0 Å². The minimum atomic E-state index is 0.117. The molecule has 0 saturated carbocycles. The SMILES string of the molecule is Cc1ccc(Cc2noc(C(C)CN)n2)cc1C. The molecule has 2 N–H and O–H groups in total. The van der Waals surface area contributed by atoms with E-state index in [9.17, 15) is 0 Å². The lowest BCUT2D eigenvalue weighted by atomic mass is 10.0. The van der Waals surface area contributed by atoms with E-state index in [1.54, 1.807) is 0 Å². The van der Waals surface area contributed by atoms with E-state index in [0.29, 0.717) is 24.7 Å². The molecule has 0 spiro atoms. The molecule has 1 heterocycles. The van der Waals surface area contributed by atoms with Gasteiger partial charge in [-0.2, -0.15) is 4.98 Å². The highest BCUT2D eigenvalue weighted by atomic mass is 16.5. The Kier molecular flexibility index (Phi) is 3.77. The van der Waals surface area contributed by atoms with E-state index in [0.717, 1.165) is 0 Å². The highest BCUT2D eigenvalue weighted by molar-refractivity contribution is 5.31. The van der Waals surface area contributed by atoms with E-state index >= 15 is 0 Å². The van der Waals surface area contributed by atoms with Crippen LogP contribution in [0.5, 0.6) is 0 Å². The maximum atomic E-state index is 5.57. The lowest BCUT2D eigenvalue weighted by Crippen LogP contribution is -2.09. The summed E-state index contributed by atoms with van der Waals surface area (Å²) >= 11 is 0. The zero-order valence-electron chi connectivity index (χ0n) is 11.1. The van der Waals surface area contributed by atoms with Crippen LogP contribution in [0.3, 0.4) is 0 Å². The molecule has 0 fully saturated rings. The lowest BCUT2D eigenvalue weighted by molar-refractivity contribution is 0.357. The van der Waals surface area contributed by atoms with Gasteiger partial charge in [0.25, 0.3) is 0 Å². The summed E-state index contributed by atoms with van der Waals surface area (Å²) in [6.07, 6.45) is 0.696. The van der Waals surface area contributed by atoms with Crippen LogP contribution in [0, 0.1) is 13.8 Å². The second-order valence-electron chi connectivity index (χ2n) is 4.78. The summed E-state index contributed by atoms with van der Waals surface area (Å²) in [6, 6.07) is 6.39. The molecule has 0 aliphatic heterocycles. The molecule has 18 heavy (non-hydrogen) atoms. The second-order valence-corrected chi connectivity index (χ2v) is 4.78. The average molecular weight is 245 g/mol. The number of aryl methyl sites for hydroxylation is 2. The lowest BCUT2D eigenvalue weighted by Gasteiger charge is -2.02. The smallest absolute Gasteiger partial charge is 0.230 e. The molecule has 1 aromatic heterocycles. The number of benzene rings is 1. The van der Waals surface area contributed by atoms with Gasteiger partial charge in [0.1, 0.15) is 0 Å². The summed E-state index contributed by atoms with van der Waals surface area (Å²) in [7, 11) is 0. The molecule has 0 radical (unpaired) electrons. The van der Waals surface area contributed by atoms with Crippen LogP contribution in [-0.2, 0) is 6.42 Å². The molecule has 0 saturated heterocycles. The summed E-state index contributed by atoms with van der Waals surface area (Å²) in [5.41, 5.74) is 9.35. The zero-order chi connectivity index (χ0) is 13.1. The highest BCUT2D eigenvalue weighted by Crippen LogP contribution is 2.15. The quantitative estimate of drug-likeness (QED) is 0.898. The predicted octanol–water partition coefficient (Wildman–Crippen LogP) is 2.34. The molecule has 0 aliphatic carbocycles. The number of nitrogens with two attached hydrogens (primary N) is 1. The standard InChI is InChI=1S/C14H19N3O/c1-9-4-5-12(6-10(9)2)7-13-16-14(18-17-13)11(3)8-15/h4-6,11H,7-8,15H2,1-3H3. The van der Waals surface area contributed by atoms with Gasteiger partial charge in [-0.15, -0.1) is 0 Å². The largest absolute Gasteiger partial charge is 0.339 e. The Bertz CT molecular complexity index is 534. The Hall–Kier alpha value is -1.68. The van der Waals surface area contributed by atoms with Gasteiger partial charge >= 0.3 is 0 Å². The maximum Gasteiger partial charge on any atom is 0.230 e. The van der Waals surface area contributed by atoms with Gasteiger partial charge in [-0.25, -0.2) is 0 Å². The third kappa shape index (κ3) is 2.76. The first kappa shape index (κ1) is 12.8. The normalized spacial score (nSPS) is 12.7. The third-order valence-corrected chi connectivity index (χ3v) is 3.19. The van der Waals surface area contributed by atoms with Gasteiger partial charge < -0.3 is 10.3 Å². The van der Waals surface area contributed by atoms with Crippen molar-refractivity contribution in [1.29, 1.82) is 0 Å². The molecular weight excluding hydrogens is 226 g/mol. The molecule has 1 unspecified atom stereocenters. The first-order valence-electron chi connectivity index (χ1n) is 6.19.